The smallest absolute Gasteiger partial charge is 0.127 e. The lowest BCUT2D eigenvalue weighted by atomic mass is 10.2. The summed E-state index contributed by atoms with van der Waals surface area (Å²) in [7, 11) is 0. The Kier molecular flexibility index (Phi) is 3.29. The molecule has 3 heteroatoms. The third-order valence-electron chi connectivity index (χ3n) is 3.02. The molecule has 0 fully saturated rings. The standard InChI is InChI=1S/C14H19N3/c1-4-8-17-13-7-6-10(3)9-12(13)16-14(17)11(15)5-2/h4,6-7,9,11H,1,5,8,15H2,2-3H3. The third kappa shape index (κ3) is 2.11. The maximum Gasteiger partial charge on any atom is 0.127 e. The van der Waals surface area contributed by atoms with E-state index in [1.807, 2.05) is 6.08 Å². The number of benzene rings is 1. The zero-order valence-electron chi connectivity index (χ0n) is 10.5. The lowest BCUT2D eigenvalue weighted by Gasteiger charge is -2.11. The van der Waals surface area contributed by atoms with Gasteiger partial charge in [-0.05, 0) is 31.0 Å². The van der Waals surface area contributed by atoms with Gasteiger partial charge >= 0.3 is 0 Å². The fourth-order valence-electron chi connectivity index (χ4n) is 2.05. The van der Waals surface area contributed by atoms with Crippen molar-refractivity contribution in [3.8, 4) is 0 Å². The number of nitrogens with zero attached hydrogens (tertiary/aromatic N) is 2. The topological polar surface area (TPSA) is 43.8 Å². The van der Waals surface area contributed by atoms with Crippen LogP contribution in [0.1, 0.15) is 30.8 Å². The van der Waals surface area contributed by atoms with Gasteiger partial charge in [-0.3, -0.25) is 0 Å². The average molecular weight is 229 g/mol. The zero-order chi connectivity index (χ0) is 12.4. The summed E-state index contributed by atoms with van der Waals surface area (Å²) in [5.41, 5.74) is 9.48. The Labute approximate surface area is 102 Å². The van der Waals surface area contributed by atoms with Crippen molar-refractivity contribution < 1.29 is 0 Å². The number of hydrogen-bond donors (Lipinski definition) is 1. The van der Waals surface area contributed by atoms with Gasteiger partial charge in [0.2, 0.25) is 0 Å². The Morgan fingerprint density at radius 2 is 2.29 bits per heavy atom. The predicted octanol–water partition coefficient (Wildman–Crippen LogP) is 2.94. The molecule has 0 bridgehead atoms. The molecule has 2 aromatic rings. The van der Waals surface area contributed by atoms with Gasteiger partial charge in [0.1, 0.15) is 5.82 Å². The molecule has 17 heavy (non-hydrogen) atoms. The van der Waals surface area contributed by atoms with Crippen LogP contribution < -0.4 is 5.73 Å². The summed E-state index contributed by atoms with van der Waals surface area (Å²) in [6.07, 6.45) is 2.77. The van der Waals surface area contributed by atoms with E-state index in [0.29, 0.717) is 0 Å². The van der Waals surface area contributed by atoms with Gasteiger partial charge in [-0.1, -0.05) is 19.1 Å². The minimum atomic E-state index is -0.0114. The highest BCUT2D eigenvalue weighted by atomic mass is 15.1. The average Bonchev–Trinajstić information content (AvgIpc) is 2.67. The van der Waals surface area contributed by atoms with Gasteiger partial charge in [0.15, 0.2) is 0 Å². The van der Waals surface area contributed by atoms with Crippen molar-refractivity contribution in [3.05, 3.63) is 42.2 Å². The van der Waals surface area contributed by atoms with E-state index in [9.17, 15) is 0 Å². The molecule has 0 aliphatic carbocycles. The monoisotopic (exact) mass is 229 g/mol. The first-order valence-electron chi connectivity index (χ1n) is 6.00. The van der Waals surface area contributed by atoms with Crippen LogP contribution in [0.4, 0.5) is 0 Å². The zero-order valence-corrected chi connectivity index (χ0v) is 10.5. The Morgan fingerprint density at radius 1 is 1.53 bits per heavy atom. The van der Waals surface area contributed by atoms with Crippen molar-refractivity contribution in [2.24, 2.45) is 5.73 Å². The van der Waals surface area contributed by atoms with E-state index in [0.717, 1.165) is 29.8 Å². The number of rotatable bonds is 4. The lowest BCUT2D eigenvalue weighted by Crippen LogP contribution is -2.15. The van der Waals surface area contributed by atoms with Gasteiger partial charge in [-0.2, -0.15) is 0 Å². The summed E-state index contributed by atoms with van der Waals surface area (Å²) in [5, 5.41) is 0. The molecular weight excluding hydrogens is 210 g/mol. The van der Waals surface area contributed by atoms with E-state index in [1.54, 1.807) is 0 Å². The van der Waals surface area contributed by atoms with E-state index in [4.69, 9.17) is 5.73 Å². The summed E-state index contributed by atoms with van der Waals surface area (Å²) < 4.78 is 2.15. The minimum absolute atomic E-state index is 0.0114. The molecule has 0 saturated heterocycles. The maximum atomic E-state index is 6.11. The fraction of sp³-hybridized carbons (Fsp3) is 0.357. The van der Waals surface area contributed by atoms with Gasteiger partial charge in [0, 0.05) is 6.54 Å². The Morgan fingerprint density at radius 3 is 2.94 bits per heavy atom. The summed E-state index contributed by atoms with van der Waals surface area (Å²) in [6, 6.07) is 6.29. The van der Waals surface area contributed by atoms with Crippen molar-refractivity contribution in [3.63, 3.8) is 0 Å². The molecule has 0 aliphatic heterocycles. The molecule has 0 aliphatic rings. The van der Waals surface area contributed by atoms with Gasteiger partial charge in [-0.25, -0.2) is 4.98 Å². The molecule has 3 nitrogen and oxygen atoms in total. The first-order valence-corrected chi connectivity index (χ1v) is 6.00. The van der Waals surface area contributed by atoms with Crippen molar-refractivity contribution in [1.29, 1.82) is 0 Å². The molecule has 1 unspecified atom stereocenters. The van der Waals surface area contributed by atoms with Crippen LogP contribution in [0.5, 0.6) is 0 Å². The van der Waals surface area contributed by atoms with Gasteiger partial charge in [0.05, 0.1) is 17.1 Å². The van der Waals surface area contributed by atoms with Crippen molar-refractivity contribution in [2.45, 2.75) is 32.9 Å². The van der Waals surface area contributed by atoms with E-state index < -0.39 is 0 Å². The Balaban J connectivity index is 2.65. The number of allylic oxidation sites excluding steroid dienone is 1. The highest BCUT2D eigenvalue weighted by Crippen LogP contribution is 2.22. The molecule has 2 N–H and O–H groups in total. The largest absolute Gasteiger partial charge is 0.323 e. The normalized spacial score (nSPS) is 12.9. The second-order valence-corrected chi connectivity index (χ2v) is 4.38. The van der Waals surface area contributed by atoms with Crippen LogP contribution in [0.3, 0.4) is 0 Å². The quantitative estimate of drug-likeness (QED) is 0.819. The molecule has 0 amide bonds. The van der Waals surface area contributed by atoms with Gasteiger partial charge in [-0.15, -0.1) is 6.58 Å². The van der Waals surface area contributed by atoms with Crippen LogP contribution in [0.2, 0.25) is 0 Å². The van der Waals surface area contributed by atoms with Crippen LogP contribution in [-0.4, -0.2) is 9.55 Å². The summed E-state index contributed by atoms with van der Waals surface area (Å²) in [4.78, 5) is 4.65. The van der Waals surface area contributed by atoms with Crippen molar-refractivity contribution in [2.75, 3.05) is 0 Å². The molecule has 1 aromatic heterocycles. The second-order valence-electron chi connectivity index (χ2n) is 4.38. The Bertz CT molecular complexity index is 540. The third-order valence-corrected chi connectivity index (χ3v) is 3.02. The molecule has 0 spiro atoms. The van der Waals surface area contributed by atoms with Gasteiger partial charge < -0.3 is 10.3 Å². The molecule has 1 heterocycles. The van der Waals surface area contributed by atoms with Crippen LogP contribution in [0, 0.1) is 6.92 Å². The highest BCUT2D eigenvalue weighted by Gasteiger charge is 2.14. The number of fused-ring (bicyclic) bond motifs is 1. The fourth-order valence-corrected chi connectivity index (χ4v) is 2.05. The number of imidazole rings is 1. The molecule has 0 saturated carbocycles. The SMILES string of the molecule is C=CCn1c(C(N)CC)nc2cc(C)ccc21. The molecule has 2 rings (SSSR count). The van der Waals surface area contributed by atoms with Crippen LogP contribution in [0.25, 0.3) is 11.0 Å². The predicted molar refractivity (Wildman–Crippen MR) is 71.9 cm³/mol. The molecule has 1 atom stereocenters. The summed E-state index contributed by atoms with van der Waals surface area (Å²) >= 11 is 0. The van der Waals surface area contributed by atoms with Crippen LogP contribution >= 0.6 is 0 Å². The van der Waals surface area contributed by atoms with E-state index >= 15 is 0 Å². The van der Waals surface area contributed by atoms with Crippen molar-refractivity contribution in [1.82, 2.24) is 9.55 Å². The number of aryl methyl sites for hydroxylation is 1. The van der Waals surface area contributed by atoms with E-state index in [2.05, 4.69) is 48.2 Å². The first kappa shape index (κ1) is 11.9. The number of aromatic nitrogens is 2. The van der Waals surface area contributed by atoms with Gasteiger partial charge in [0.25, 0.3) is 0 Å². The second kappa shape index (κ2) is 4.72. The molecule has 90 valence electrons. The number of nitrogens with two attached hydrogens (primary N) is 1. The number of hydrogen-bond acceptors (Lipinski definition) is 2. The van der Waals surface area contributed by atoms with E-state index in [1.165, 1.54) is 5.56 Å². The van der Waals surface area contributed by atoms with Crippen molar-refractivity contribution >= 4 is 11.0 Å². The molecular formula is C14H19N3. The highest BCUT2D eigenvalue weighted by molar-refractivity contribution is 5.77. The van der Waals surface area contributed by atoms with Crippen LogP contribution in [0.15, 0.2) is 30.9 Å². The first-order chi connectivity index (χ1) is 8.17. The molecule has 0 radical (unpaired) electrons. The summed E-state index contributed by atoms with van der Waals surface area (Å²) in [6.45, 7) is 8.70. The Hall–Kier alpha value is -1.61. The maximum absolute atomic E-state index is 6.11. The molecule has 1 aromatic carbocycles. The van der Waals surface area contributed by atoms with E-state index in [-0.39, 0.29) is 6.04 Å². The lowest BCUT2D eigenvalue weighted by molar-refractivity contribution is 0.609. The minimum Gasteiger partial charge on any atom is -0.323 e. The summed E-state index contributed by atoms with van der Waals surface area (Å²) in [5.74, 6) is 0.952. The van der Waals surface area contributed by atoms with Crippen LogP contribution in [-0.2, 0) is 6.54 Å².